The van der Waals surface area contributed by atoms with E-state index in [0.29, 0.717) is 28.1 Å². The number of carbonyl (C=O) groups is 1. The lowest BCUT2D eigenvalue weighted by Crippen LogP contribution is -2.58. The molecule has 9 heteroatoms. The fraction of sp³-hybridized carbons (Fsp3) is 0.360. The second-order valence-corrected chi connectivity index (χ2v) is 9.58. The molecule has 1 N–H and O–H groups in total. The molecule has 2 fully saturated rings. The highest BCUT2D eigenvalue weighted by Crippen LogP contribution is 2.40. The number of nitrogens with one attached hydrogen (secondary N) is 1. The third-order valence-corrected chi connectivity index (χ3v) is 7.29. The van der Waals surface area contributed by atoms with Crippen molar-refractivity contribution < 1.29 is 9.18 Å². The van der Waals surface area contributed by atoms with Crippen molar-refractivity contribution in [2.45, 2.75) is 19.4 Å². The zero-order chi connectivity index (χ0) is 23.4. The van der Waals surface area contributed by atoms with Crippen molar-refractivity contribution >= 4 is 11.7 Å². The van der Waals surface area contributed by atoms with E-state index in [1.54, 1.807) is 16.8 Å². The number of rotatable bonds is 3. The standard InChI is InChI=1S/C25H24FN7O/c1-31-14-25(15-31)6-9-32(10-7-25)21-5-8-33(30-21)20-11-18(29-19-13-28-24(34)23(19)20)22-16(12-27)3-2-4-17(22)26/h2-5,8,11H,6-7,9-10,13-15H2,1H3,(H,28,34). The van der Waals surface area contributed by atoms with Crippen molar-refractivity contribution in [1.29, 1.82) is 5.26 Å². The number of anilines is 1. The highest BCUT2D eigenvalue weighted by molar-refractivity contribution is 6.01. The molecule has 3 aliphatic rings. The number of nitrogens with zero attached hydrogens (tertiary/aromatic N) is 6. The van der Waals surface area contributed by atoms with E-state index in [2.05, 4.69) is 27.1 Å². The van der Waals surface area contributed by atoms with Crippen molar-refractivity contribution in [2.75, 3.05) is 38.1 Å². The number of likely N-dealkylation sites (tertiary alicyclic amines) is 1. The third kappa shape index (κ3) is 3.25. The summed E-state index contributed by atoms with van der Waals surface area (Å²) in [5.41, 5.74) is 2.58. The minimum Gasteiger partial charge on any atom is -0.355 e. The molecule has 0 aliphatic carbocycles. The Morgan fingerprint density at radius 3 is 2.71 bits per heavy atom. The molecule has 34 heavy (non-hydrogen) atoms. The van der Waals surface area contributed by atoms with Gasteiger partial charge in [-0.3, -0.25) is 4.79 Å². The van der Waals surface area contributed by atoms with Gasteiger partial charge in [0.1, 0.15) is 5.82 Å². The second kappa shape index (κ2) is 7.64. The van der Waals surface area contributed by atoms with Crippen molar-refractivity contribution in [2.24, 2.45) is 5.41 Å². The fourth-order valence-corrected chi connectivity index (χ4v) is 5.64. The van der Waals surface area contributed by atoms with Crippen LogP contribution in [-0.2, 0) is 6.54 Å². The minimum atomic E-state index is -0.528. The smallest absolute Gasteiger partial charge is 0.255 e. The van der Waals surface area contributed by atoms with Gasteiger partial charge in [0, 0.05) is 38.4 Å². The van der Waals surface area contributed by atoms with Gasteiger partial charge in [-0.25, -0.2) is 14.1 Å². The third-order valence-electron chi connectivity index (χ3n) is 7.29. The molecule has 8 nitrogen and oxygen atoms in total. The maximum Gasteiger partial charge on any atom is 0.255 e. The number of nitriles is 1. The Bertz CT molecular complexity index is 1340. The van der Waals surface area contributed by atoms with Gasteiger partial charge in [0.15, 0.2) is 5.82 Å². The van der Waals surface area contributed by atoms with Crippen LogP contribution in [-0.4, -0.2) is 58.8 Å². The van der Waals surface area contributed by atoms with Crippen molar-refractivity contribution in [3.05, 3.63) is 59.2 Å². The number of amides is 1. The molecule has 0 radical (unpaired) electrons. The van der Waals surface area contributed by atoms with Gasteiger partial charge in [-0.05, 0) is 43.5 Å². The van der Waals surface area contributed by atoms with Crippen molar-refractivity contribution in [1.82, 2.24) is 25.0 Å². The van der Waals surface area contributed by atoms with E-state index in [-0.39, 0.29) is 23.6 Å². The molecule has 5 heterocycles. The number of hydrogen-bond donors (Lipinski definition) is 1. The Labute approximate surface area is 196 Å². The highest BCUT2D eigenvalue weighted by Gasteiger charge is 2.43. The average Bonchev–Trinajstić information content (AvgIpc) is 3.45. The first-order valence-electron chi connectivity index (χ1n) is 11.5. The van der Waals surface area contributed by atoms with Gasteiger partial charge in [-0.15, -0.1) is 0 Å². The molecule has 6 rings (SSSR count). The van der Waals surface area contributed by atoms with Crippen LogP contribution < -0.4 is 10.2 Å². The predicted molar refractivity (Wildman–Crippen MR) is 124 cm³/mol. The Balaban J connectivity index is 1.37. The summed E-state index contributed by atoms with van der Waals surface area (Å²) in [6, 6.07) is 10.0. The number of pyridine rings is 1. The number of benzene rings is 1. The fourth-order valence-electron chi connectivity index (χ4n) is 5.64. The molecule has 0 bridgehead atoms. The topological polar surface area (TPSA) is 90.1 Å². The number of halogens is 1. The van der Waals surface area contributed by atoms with Crippen LogP contribution >= 0.6 is 0 Å². The molecule has 172 valence electrons. The molecule has 2 saturated heterocycles. The molecule has 0 unspecified atom stereocenters. The molecular weight excluding hydrogens is 433 g/mol. The number of fused-ring (bicyclic) bond motifs is 1. The first-order valence-corrected chi connectivity index (χ1v) is 11.5. The Hall–Kier alpha value is -3.77. The van der Waals surface area contributed by atoms with Gasteiger partial charge >= 0.3 is 0 Å². The van der Waals surface area contributed by atoms with Gasteiger partial charge in [-0.2, -0.15) is 10.4 Å². The minimum absolute atomic E-state index is 0.132. The summed E-state index contributed by atoms with van der Waals surface area (Å²) in [7, 11) is 2.16. The van der Waals surface area contributed by atoms with E-state index in [9.17, 15) is 14.4 Å². The summed E-state index contributed by atoms with van der Waals surface area (Å²) < 4.78 is 16.4. The Kier molecular flexibility index (Phi) is 4.67. The Morgan fingerprint density at radius 2 is 1.97 bits per heavy atom. The Morgan fingerprint density at radius 1 is 1.18 bits per heavy atom. The SMILES string of the molecule is CN1CC2(CCN(c3ccn(-c4cc(-c5c(F)cccc5C#N)nc5c4C(=O)NC5)n3)CC2)C1. The zero-order valence-corrected chi connectivity index (χ0v) is 18.9. The maximum atomic E-state index is 14.7. The number of aromatic nitrogens is 3. The second-order valence-electron chi connectivity index (χ2n) is 9.58. The van der Waals surface area contributed by atoms with Gasteiger partial charge in [0.05, 0.1) is 46.4 Å². The maximum absolute atomic E-state index is 14.7. The van der Waals surface area contributed by atoms with E-state index in [1.807, 2.05) is 18.3 Å². The van der Waals surface area contributed by atoms with Crippen LogP contribution in [0, 0.1) is 22.6 Å². The molecule has 1 aromatic carbocycles. The summed E-state index contributed by atoms with van der Waals surface area (Å²) in [4.78, 5) is 21.8. The van der Waals surface area contributed by atoms with Crippen LogP contribution in [0.15, 0.2) is 36.5 Å². The van der Waals surface area contributed by atoms with E-state index in [1.165, 1.54) is 12.1 Å². The lowest BCUT2D eigenvalue weighted by molar-refractivity contribution is 0.00121. The summed E-state index contributed by atoms with van der Waals surface area (Å²) >= 11 is 0. The zero-order valence-electron chi connectivity index (χ0n) is 18.9. The van der Waals surface area contributed by atoms with Gasteiger partial charge in [0.2, 0.25) is 0 Å². The number of hydrogen-bond acceptors (Lipinski definition) is 6. The quantitative estimate of drug-likeness (QED) is 0.651. The van der Waals surface area contributed by atoms with Crippen LogP contribution in [0.2, 0.25) is 0 Å². The van der Waals surface area contributed by atoms with Gasteiger partial charge in [0.25, 0.3) is 5.91 Å². The molecule has 3 aliphatic heterocycles. The van der Waals surface area contributed by atoms with Crippen LogP contribution in [0.3, 0.4) is 0 Å². The van der Waals surface area contributed by atoms with Crippen LogP contribution in [0.1, 0.15) is 34.5 Å². The summed E-state index contributed by atoms with van der Waals surface area (Å²) in [5.74, 6) is 0.0978. The molecule has 1 spiro atoms. The molecule has 0 saturated carbocycles. The van der Waals surface area contributed by atoms with Gasteiger partial charge in [-0.1, -0.05) is 6.07 Å². The predicted octanol–water partition coefficient (Wildman–Crippen LogP) is 2.72. The van der Waals surface area contributed by atoms with E-state index >= 15 is 0 Å². The van der Waals surface area contributed by atoms with Crippen LogP contribution in [0.4, 0.5) is 10.2 Å². The number of carbonyl (C=O) groups excluding carboxylic acids is 1. The molecule has 0 atom stereocenters. The van der Waals surface area contributed by atoms with Crippen LogP contribution in [0.25, 0.3) is 16.9 Å². The number of piperidine rings is 1. The monoisotopic (exact) mass is 457 g/mol. The summed E-state index contributed by atoms with van der Waals surface area (Å²) in [6.45, 7) is 4.48. The molecule has 3 aromatic rings. The lowest BCUT2D eigenvalue weighted by atomic mass is 9.72. The van der Waals surface area contributed by atoms with Crippen molar-refractivity contribution in [3.8, 4) is 23.0 Å². The average molecular weight is 458 g/mol. The summed E-state index contributed by atoms with van der Waals surface area (Å²) in [6.07, 6.45) is 4.12. The van der Waals surface area contributed by atoms with E-state index in [0.717, 1.165) is 44.8 Å². The normalized spacial score (nSPS) is 19.0. The first kappa shape index (κ1) is 20.8. The molecule has 1 amide bonds. The van der Waals surface area contributed by atoms with Crippen molar-refractivity contribution in [3.63, 3.8) is 0 Å². The largest absolute Gasteiger partial charge is 0.355 e. The molecule has 2 aromatic heterocycles. The van der Waals surface area contributed by atoms with E-state index in [4.69, 9.17) is 5.10 Å². The van der Waals surface area contributed by atoms with Gasteiger partial charge < -0.3 is 15.1 Å². The van der Waals surface area contributed by atoms with Crippen LogP contribution in [0.5, 0.6) is 0 Å². The summed E-state index contributed by atoms with van der Waals surface area (Å²) in [5, 5.41) is 17.1. The van der Waals surface area contributed by atoms with E-state index < -0.39 is 5.82 Å². The molecular formula is C25H24FN7O. The highest BCUT2D eigenvalue weighted by atomic mass is 19.1. The first-order chi connectivity index (χ1) is 16.5. The lowest BCUT2D eigenvalue weighted by Gasteiger charge is -2.53.